The van der Waals surface area contributed by atoms with E-state index in [1.807, 2.05) is 17.0 Å². The van der Waals surface area contributed by atoms with E-state index in [9.17, 15) is 4.79 Å². The van der Waals surface area contributed by atoms with Crippen molar-refractivity contribution in [3.63, 3.8) is 0 Å². The summed E-state index contributed by atoms with van der Waals surface area (Å²) in [7, 11) is 0. The van der Waals surface area contributed by atoms with Crippen LogP contribution in [0.5, 0.6) is 0 Å². The van der Waals surface area contributed by atoms with Crippen LogP contribution < -0.4 is 0 Å². The monoisotopic (exact) mass is 287 g/mol. The van der Waals surface area contributed by atoms with Gasteiger partial charge in [-0.1, -0.05) is 22.9 Å². The molecule has 0 unspecified atom stereocenters. The zero-order chi connectivity index (χ0) is 11.8. The maximum atomic E-state index is 11.9. The van der Waals surface area contributed by atoms with E-state index < -0.39 is 0 Å². The van der Waals surface area contributed by atoms with E-state index in [4.69, 9.17) is 4.42 Å². The molecule has 0 saturated carbocycles. The van der Waals surface area contributed by atoms with E-state index in [1.165, 1.54) is 0 Å². The standard InChI is InChI=1S/C12H18BrNO2/c1-2-8-14(9-7-13)12(15)6-5-11-4-3-10-16-11/h3-4,10H,2,5-9H2,1H3. The Morgan fingerprint density at radius 2 is 2.31 bits per heavy atom. The Kier molecular flexibility index (Phi) is 6.23. The number of nitrogens with zero attached hydrogens (tertiary/aromatic N) is 1. The molecule has 1 aromatic heterocycles. The highest BCUT2D eigenvalue weighted by Crippen LogP contribution is 2.06. The molecular formula is C12H18BrNO2. The Morgan fingerprint density at radius 3 is 2.88 bits per heavy atom. The number of amides is 1. The summed E-state index contributed by atoms with van der Waals surface area (Å²) < 4.78 is 5.20. The fourth-order valence-electron chi connectivity index (χ4n) is 1.58. The van der Waals surface area contributed by atoms with Gasteiger partial charge < -0.3 is 9.32 Å². The molecule has 3 nitrogen and oxygen atoms in total. The molecular weight excluding hydrogens is 270 g/mol. The second kappa shape index (κ2) is 7.49. The van der Waals surface area contributed by atoms with Gasteiger partial charge in [-0.2, -0.15) is 0 Å². The average molecular weight is 288 g/mol. The lowest BCUT2D eigenvalue weighted by Crippen LogP contribution is -2.33. The molecule has 0 saturated heterocycles. The van der Waals surface area contributed by atoms with E-state index in [1.54, 1.807) is 6.26 Å². The first-order valence-electron chi connectivity index (χ1n) is 5.64. The first-order valence-corrected chi connectivity index (χ1v) is 6.76. The summed E-state index contributed by atoms with van der Waals surface area (Å²) >= 11 is 3.37. The molecule has 16 heavy (non-hydrogen) atoms. The summed E-state index contributed by atoms with van der Waals surface area (Å²) in [5.74, 6) is 1.08. The van der Waals surface area contributed by atoms with Gasteiger partial charge >= 0.3 is 0 Å². The summed E-state index contributed by atoms with van der Waals surface area (Å²) in [4.78, 5) is 13.8. The van der Waals surface area contributed by atoms with E-state index in [-0.39, 0.29) is 5.91 Å². The molecule has 1 heterocycles. The molecule has 0 bridgehead atoms. The number of furan rings is 1. The maximum absolute atomic E-state index is 11.9. The molecule has 0 aliphatic carbocycles. The van der Waals surface area contributed by atoms with Crippen molar-refractivity contribution in [2.24, 2.45) is 0 Å². The minimum Gasteiger partial charge on any atom is -0.469 e. The van der Waals surface area contributed by atoms with Crippen LogP contribution in [0.15, 0.2) is 22.8 Å². The normalized spacial score (nSPS) is 10.4. The number of hydrogen-bond donors (Lipinski definition) is 0. The van der Waals surface area contributed by atoms with Crippen molar-refractivity contribution in [3.05, 3.63) is 24.2 Å². The van der Waals surface area contributed by atoms with Crippen molar-refractivity contribution in [1.82, 2.24) is 4.90 Å². The van der Waals surface area contributed by atoms with E-state index in [0.29, 0.717) is 12.8 Å². The third kappa shape index (κ3) is 4.39. The molecule has 0 aromatic carbocycles. The van der Waals surface area contributed by atoms with Crippen molar-refractivity contribution >= 4 is 21.8 Å². The number of carbonyl (C=O) groups is 1. The third-order valence-corrected chi connectivity index (χ3v) is 2.72. The van der Waals surface area contributed by atoms with Crippen molar-refractivity contribution in [3.8, 4) is 0 Å². The van der Waals surface area contributed by atoms with Gasteiger partial charge in [-0.15, -0.1) is 0 Å². The van der Waals surface area contributed by atoms with Crippen LogP contribution >= 0.6 is 15.9 Å². The number of aryl methyl sites for hydroxylation is 1. The Balaban J connectivity index is 2.36. The quantitative estimate of drug-likeness (QED) is 0.723. The van der Waals surface area contributed by atoms with Gasteiger partial charge in [-0.05, 0) is 18.6 Å². The molecule has 0 spiro atoms. The molecule has 0 atom stereocenters. The zero-order valence-corrected chi connectivity index (χ0v) is 11.2. The number of carbonyl (C=O) groups excluding carboxylic acids is 1. The van der Waals surface area contributed by atoms with Gasteiger partial charge in [0.1, 0.15) is 5.76 Å². The predicted octanol–water partition coefficient (Wildman–Crippen LogP) is 2.85. The SMILES string of the molecule is CCCN(CCBr)C(=O)CCc1ccco1. The van der Waals surface area contributed by atoms with Crippen molar-refractivity contribution < 1.29 is 9.21 Å². The van der Waals surface area contributed by atoms with Crippen molar-refractivity contribution in [1.29, 1.82) is 0 Å². The fourth-order valence-corrected chi connectivity index (χ4v) is 2.00. The summed E-state index contributed by atoms with van der Waals surface area (Å²) in [6.07, 6.45) is 3.86. The maximum Gasteiger partial charge on any atom is 0.223 e. The fraction of sp³-hybridized carbons (Fsp3) is 0.583. The molecule has 1 amide bonds. The molecule has 1 aromatic rings. The van der Waals surface area contributed by atoms with Gasteiger partial charge in [-0.25, -0.2) is 0 Å². The zero-order valence-electron chi connectivity index (χ0n) is 9.62. The van der Waals surface area contributed by atoms with Crippen LogP contribution in [0, 0.1) is 0 Å². The van der Waals surface area contributed by atoms with Crippen LogP contribution in [-0.2, 0) is 11.2 Å². The molecule has 90 valence electrons. The van der Waals surface area contributed by atoms with Crippen LogP contribution in [0.3, 0.4) is 0 Å². The van der Waals surface area contributed by atoms with Gasteiger partial charge in [0.05, 0.1) is 6.26 Å². The first-order chi connectivity index (χ1) is 7.77. The minimum atomic E-state index is 0.206. The predicted molar refractivity (Wildman–Crippen MR) is 67.7 cm³/mol. The average Bonchev–Trinajstić information content (AvgIpc) is 2.78. The molecule has 0 radical (unpaired) electrons. The largest absolute Gasteiger partial charge is 0.469 e. The second-order valence-electron chi connectivity index (χ2n) is 3.65. The second-order valence-corrected chi connectivity index (χ2v) is 4.44. The highest BCUT2D eigenvalue weighted by atomic mass is 79.9. The molecule has 1 rings (SSSR count). The Morgan fingerprint density at radius 1 is 1.50 bits per heavy atom. The van der Waals surface area contributed by atoms with Gasteiger partial charge in [0.25, 0.3) is 0 Å². The van der Waals surface area contributed by atoms with Gasteiger partial charge in [0.15, 0.2) is 0 Å². The number of rotatable bonds is 7. The van der Waals surface area contributed by atoms with Crippen molar-refractivity contribution in [2.45, 2.75) is 26.2 Å². The highest BCUT2D eigenvalue weighted by Gasteiger charge is 2.12. The number of halogens is 1. The number of alkyl halides is 1. The van der Waals surface area contributed by atoms with Gasteiger partial charge in [0.2, 0.25) is 5.91 Å². The molecule has 0 N–H and O–H groups in total. The van der Waals surface area contributed by atoms with E-state index >= 15 is 0 Å². The Hall–Kier alpha value is -0.770. The topological polar surface area (TPSA) is 33.5 Å². The van der Waals surface area contributed by atoms with Crippen LogP contribution in [0.25, 0.3) is 0 Å². The van der Waals surface area contributed by atoms with Crippen molar-refractivity contribution in [2.75, 3.05) is 18.4 Å². The van der Waals surface area contributed by atoms with Gasteiger partial charge in [0, 0.05) is 31.3 Å². The highest BCUT2D eigenvalue weighted by molar-refractivity contribution is 9.09. The van der Waals surface area contributed by atoms with Crippen LogP contribution in [-0.4, -0.2) is 29.2 Å². The molecule has 4 heteroatoms. The summed E-state index contributed by atoms with van der Waals surface area (Å²) in [5, 5.41) is 0.833. The smallest absolute Gasteiger partial charge is 0.223 e. The summed E-state index contributed by atoms with van der Waals surface area (Å²) in [5.41, 5.74) is 0. The lowest BCUT2D eigenvalue weighted by molar-refractivity contribution is -0.131. The lowest BCUT2D eigenvalue weighted by atomic mass is 10.2. The molecule has 0 aliphatic heterocycles. The minimum absolute atomic E-state index is 0.206. The van der Waals surface area contributed by atoms with Crippen LogP contribution in [0.4, 0.5) is 0 Å². The Labute approximate surface area is 105 Å². The lowest BCUT2D eigenvalue weighted by Gasteiger charge is -2.20. The third-order valence-electron chi connectivity index (χ3n) is 2.37. The van der Waals surface area contributed by atoms with E-state index in [0.717, 1.165) is 30.6 Å². The molecule has 0 fully saturated rings. The number of hydrogen-bond acceptors (Lipinski definition) is 2. The first kappa shape index (κ1) is 13.3. The van der Waals surface area contributed by atoms with Gasteiger partial charge in [-0.3, -0.25) is 4.79 Å². The summed E-state index contributed by atoms with van der Waals surface area (Å²) in [6.45, 7) is 3.70. The molecule has 0 aliphatic rings. The summed E-state index contributed by atoms with van der Waals surface area (Å²) in [6, 6.07) is 3.75. The van der Waals surface area contributed by atoms with Crippen LogP contribution in [0.1, 0.15) is 25.5 Å². The van der Waals surface area contributed by atoms with Crippen LogP contribution in [0.2, 0.25) is 0 Å². The Bertz CT molecular complexity index is 292. The van der Waals surface area contributed by atoms with E-state index in [2.05, 4.69) is 22.9 Å².